The third kappa shape index (κ3) is 14.0. The van der Waals surface area contributed by atoms with Crippen LogP contribution in [0.4, 0.5) is 0 Å². The average molecular weight is 213 g/mol. The van der Waals surface area contributed by atoms with Crippen molar-refractivity contribution in [1.29, 1.82) is 0 Å². The first-order valence-electron chi connectivity index (χ1n) is 6.92. The summed E-state index contributed by atoms with van der Waals surface area (Å²) in [6.07, 6.45) is 12.9. The molecule has 15 heavy (non-hydrogen) atoms. The maximum absolute atomic E-state index is 3.20. The first-order chi connectivity index (χ1) is 7.27. The van der Waals surface area contributed by atoms with Crippen molar-refractivity contribution in [2.45, 2.75) is 71.6 Å². The van der Waals surface area contributed by atoms with Gasteiger partial charge in [-0.2, -0.15) is 0 Å². The van der Waals surface area contributed by atoms with Gasteiger partial charge in [0, 0.05) is 0 Å². The van der Waals surface area contributed by atoms with Crippen molar-refractivity contribution in [2.24, 2.45) is 5.92 Å². The molecule has 0 rings (SSSR count). The Hall–Kier alpha value is -0.0400. The summed E-state index contributed by atoms with van der Waals surface area (Å²) in [5.41, 5.74) is 0. The lowest BCUT2D eigenvalue weighted by Gasteiger charge is -2.04. The van der Waals surface area contributed by atoms with Gasteiger partial charge in [-0.05, 0) is 25.9 Å². The second-order valence-corrected chi connectivity index (χ2v) is 5.11. The van der Waals surface area contributed by atoms with Crippen molar-refractivity contribution in [2.75, 3.05) is 13.6 Å². The second-order valence-electron chi connectivity index (χ2n) is 5.11. The molecule has 0 spiro atoms. The number of hydrogen-bond acceptors (Lipinski definition) is 1. The molecule has 0 saturated carbocycles. The number of hydrogen-bond donors (Lipinski definition) is 1. The Labute approximate surface area is 97.0 Å². The van der Waals surface area contributed by atoms with E-state index in [9.17, 15) is 0 Å². The fourth-order valence-corrected chi connectivity index (χ4v) is 1.92. The number of nitrogens with one attached hydrogen (secondary N) is 1. The zero-order chi connectivity index (χ0) is 11.4. The van der Waals surface area contributed by atoms with E-state index < -0.39 is 0 Å². The van der Waals surface area contributed by atoms with Crippen LogP contribution in [-0.2, 0) is 0 Å². The van der Waals surface area contributed by atoms with Gasteiger partial charge in [0.2, 0.25) is 0 Å². The van der Waals surface area contributed by atoms with Crippen LogP contribution in [0.15, 0.2) is 0 Å². The van der Waals surface area contributed by atoms with E-state index in [0.29, 0.717) is 0 Å². The van der Waals surface area contributed by atoms with Crippen molar-refractivity contribution >= 4 is 0 Å². The van der Waals surface area contributed by atoms with Crippen molar-refractivity contribution in [3.8, 4) is 0 Å². The van der Waals surface area contributed by atoms with Gasteiger partial charge >= 0.3 is 0 Å². The molecule has 0 heterocycles. The summed E-state index contributed by atoms with van der Waals surface area (Å²) in [5, 5.41) is 3.20. The molecule has 0 aromatic rings. The van der Waals surface area contributed by atoms with Gasteiger partial charge in [-0.15, -0.1) is 0 Å². The zero-order valence-electron chi connectivity index (χ0n) is 11.1. The van der Waals surface area contributed by atoms with Crippen molar-refractivity contribution < 1.29 is 0 Å². The molecule has 0 unspecified atom stereocenters. The maximum Gasteiger partial charge on any atom is -0.00519 e. The molecule has 1 N–H and O–H groups in total. The van der Waals surface area contributed by atoms with Gasteiger partial charge in [0.1, 0.15) is 0 Å². The van der Waals surface area contributed by atoms with E-state index in [2.05, 4.69) is 19.2 Å². The molecule has 0 aromatic carbocycles. The highest BCUT2D eigenvalue weighted by molar-refractivity contribution is 4.50. The molecule has 1 heteroatoms. The monoisotopic (exact) mass is 213 g/mol. The molecule has 0 aromatic heterocycles. The summed E-state index contributed by atoms with van der Waals surface area (Å²) in [6.45, 7) is 5.83. The lowest BCUT2D eigenvalue weighted by Crippen LogP contribution is -2.06. The van der Waals surface area contributed by atoms with Crippen LogP contribution in [0.3, 0.4) is 0 Å². The van der Waals surface area contributed by atoms with Crippen LogP contribution in [0.5, 0.6) is 0 Å². The van der Waals surface area contributed by atoms with Crippen LogP contribution < -0.4 is 5.32 Å². The van der Waals surface area contributed by atoms with Crippen LogP contribution in [0.1, 0.15) is 71.6 Å². The molecule has 0 atom stereocenters. The minimum atomic E-state index is 0.895. The molecule has 0 amide bonds. The molecule has 0 bridgehead atoms. The highest BCUT2D eigenvalue weighted by Gasteiger charge is 1.94. The Bertz CT molecular complexity index is 110. The van der Waals surface area contributed by atoms with Gasteiger partial charge in [0.15, 0.2) is 0 Å². The van der Waals surface area contributed by atoms with Gasteiger partial charge in [-0.3, -0.25) is 0 Å². The summed E-state index contributed by atoms with van der Waals surface area (Å²) in [7, 11) is 2.04. The third-order valence-corrected chi connectivity index (χ3v) is 2.96. The molecule has 0 radical (unpaired) electrons. The SMILES string of the molecule is CNCCCCCCCCCCC(C)C. The Morgan fingerprint density at radius 2 is 1.20 bits per heavy atom. The zero-order valence-corrected chi connectivity index (χ0v) is 11.1. The van der Waals surface area contributed by atoms with E-state index in [0.717, 1.165) is 5.92 Å². The van der Waals surface area contributed by atoms with Crippen LogP contribution in [-0.4, -0.2) is 13.6 Å². The standard InChI is InChI=1S/C14H31N/c1-14(2)12-10-8-6-4-5-7-9-11-13-15-3/h14-15H,4-13H2,1-3H3. The van der Waals surface area contributed by atoms with Gasteiger partial charge in [0.25, 0.3) is 0 Å². The van der Waals surface area contributed by atoms with Crippen LogP contribution >= 0.6 is 0 Å². The number of rotatable bonds is 11. The minimum Gasteiger partial charge on any atom is -0.320 e. The summed E-state index contributed by atoms with van der Waals surface area (Å²) in [4.78, 5) is 0. The summed E-state index contributed by atoms with van der Waals surface area (Å²) >= 11 is 0. The molecule has 1 nitrogen and oxygen atoms in total. The maximum atomic E-state index is 3.20. The van der Waals surface area contributed by atoms with E-state index in [1.165, 1.54) is 64.3 Å². The molecule has 0 aliphatic carbocycles. The quantitative estimate of drug-likeness (QED) is 0.502. The van der Waals surface area contributed by atoms with E-state index in [-0.39, 0.29) is 0 Å². The molecule has 92 valence electrons. The van der Waals surface area contributed by atoms with E-state index in [1.807, 2.05) is 7.05 Å². The average Bonchev–Trinajstić information content (AvgIpc) is 2.20. The van der Waals surface area contributed by atoms with Gasteiger partial charge in [0.05, 0.1) is 0 Å². The summed E-state index contributed by atoms with van der Waals surface area (Å²) in [5.74, 6) is 0.895. The normalized spacial score (nSPS) is 11.2. The Balaban J connectivity index is 2.87. The predicted octanol–water partition coefficient (Wildman–Crippen LogP) is 4.37. The molecule has 0 aliphatic rings. The molecular weight excluding hydrogens is 182 g/mol. The summed E-state index contributed by atoms with van der Waals surface area (Å²) in [6, 6.07) is 0. The van der Waals surface area contributed by atoms with E-state index in [4.69, 9.17) is 0 Å². The first-order valence-corrected chi connectivity index (χ1v) is 6.92. The highest BCUT2D eigenvalue weighted by Crippen LogP contribution is 2.12. The van der Waals surface area contributed by atoms with Gasteiger partial charge < -0.3 is 5.32 Å². The smallest absolute Gasteiger partial charge is 0.00519 e. The van der Waals surface area contributed by atoms with Gasteiger partial charge in [-0.1, -0.05) is 65.2 Å². The van der Waals surface area contributed by atoms with Crippen LogP contribution in [0.2, 0.25) is 0 Å². The highest BCUT2D eigenvalue weighted by atomic mass is 14.8. The predicted molar refractivity (Wildman–Crippen MR) is 70.3 cm³/mol. The Morgan fingerprint density at radius 3 is 1.67 bits per heavy atom. The molecule has 0 fully saturated rings. The lowest BCUT2D eigenvalue weighted by molar-refractivity contribution is 0.506. The Kier molecular flexibility index (Phi) is 12.0. The van der Waals surface area contributed by atoms with Crippen molar-refractivity contribution in [1.82, 2.24) is 5.32 Å². The molecule has 0 saturated heterocycles. The largest absolute Gasteiger partial charge is 0.320 e. The third-order valence-electron chi connectivity index (χ3n) is 2.96. The van der Waals surface area contributed by atoms with E-state index >= 15 is 0 Å². The lowest BCUT2D eigenvalue weighted by atomic mass is 10.0. The van der Waals surface area contributed by atoms with E-state index in [1.54, 1.807) is 0 Å². The minimum absolute atomic E-state index is 0.895. The Morgan fingerprint density at radius 1 is 0.733 bits per heavy atom. The second kappa shape index (κ2) is 12.0. The fraction of sp³-hybridized carbons (Fsp3) is 1.00. The van der Waals surface area contributed by atoms with Crippen molar-refractivity contribution in [3.63, 3.8) is 0 Å². The first kappa shape index (κ1) is 15.0. The molecule has 0 aliphatic heterocycles. The van der Waals surface area contributed by atoms with Gasteiger partial charge in [-0.25, -0.2) is 0 Å². The van der Waals surface area contributed by atoms with Crippen LogP contribution in [0.25, 0.3) is 0 Å². The number of unbranched alkanes of at least 4 members (excludes halogenated alkanes) is 7. The topological polar surface area (TPSA) is 12.0 Å². The fourth-order valence-electron chi connectivity index (χ4n) is 1.92. The van der Waals surface area contributed by atoms with Crippen molar-refractivity contribution in [3.05, 3.63) is 0 Å². The summed E-state index contributed by atoms with van der Waals surface area (Å²) < 4.78 is 0. The molecular formula is C14H31N. The van der Waals surface area contributed by atoms with Crippen LogP contribution in [0, 0.1) is 5.92 Å².